The molecule has 0 radical (unpaired) electrons. The van der Waals surface area contributed by atoms with E-state index in [0.717, 1.165) is 23.2 Å². The summed E-state index contributed by atoms with van der Waals surface area (Å²) in [4.78, 5) is 13.3. The molecule has 0 aliphatic carbocycles. The van der Waals surface area contributed by atoms with Crippen molar-refractivity contribution in [1.82, 2.24) is 24.7 Å². The van der Waals surface area contributed by atoms with Crippen LogP contribution in [0.15, 0.2) is 34.7 Å². The van der Waals surface area contributed by atoms with E-state index in [1.54, 1.807) is 17.8 Å². The third kappa shape index (κ3) is 3.53. The number of hydrogen-bond donors (Lipinski definition) is 0. The molecule has 0 aliphatic heterocycles. The maximum Gasteiger partial charge on any atom is 0.330 e. The fourth-order valence-electron chi connectivity index (χ4n) is 2.80. The smallest absolute Gasteiger partial charge is 0.330 e. The zero-order valence-corrected chi connectivity index (χ0v) is 16.3. The molecule has 0 amide bonds. The summed E-state index contributed by atoms with van der Waals surface area (Å²) in [6.45, 7) is 6.43. The van der Waals surface area contributed by atoms with Crippen LogP contribution >= 0.6 is 0 Å². The Hall–Kier alpha value is -3.42. The van der Waals surface area contributed by atoms with Crippen molar-refractivity contribution in [2.24, 2.45) is 7.05 Å². The Balaban J connectivity index is 1.78. The van der Waals surface area contributed by atoms with E-state index in [9.17, 15) is 0 Å². The lowest BCUT2D eigenvalue weighted by Gasteiger charge is -2.06. The highest BCUT2D eigenvalue weighted by Crippen LogP contribution is 2.31. The summed E-state index contributed by atoms with van der Waals surface area (Å²) in [7, 11) is 1.79. The van der Waals surface area contributed by atoms with Gasteiger partial charge in [0, 0.05) is 18.7 Å². The number of benzene rings is 1. The van der Waals surface area contributed by atoms with Crippen molar-refractivity contribution >= 4 is 11.2 Å². The first-order valence-corrected chi connectivity index (χ1v) is 9.10. The lowest BCUT2D eigenvalue weighted by atomic mass is 10.1. The average molecular weight is 379 g/mol. The molecule has 0 fully saturated rings. The van der Waals surface area contributed by atoms with E-state index < -0.39 is 0 Å². The topological polar surface area (TPSA) is 88.1 Å². The molecule has 0 bridgehead atoms. The van der Waals surface area contributed by atoms with Crippen LogP contribution in [0.25, 0.3) is 22.7 Å². The van der Waals surface area contributed by atoms with Crippen LogP contribution < -0.4 is 9.47 Å². The maximum atomic E-state index is 5.90. The standard InChI is InChI=1S/C20H21N5O3/c1-5-9-26-18-16-19(28-17(21-16)14-8-6-7-12(2)10-14)23-20(22-18)27-15-11-13(3)24-25(15)4/h6-8,10-11H,5,9H2,1-4H3. The first kappa shape index (κ1) is 18.0. The first-order chi connectivity index (χ1) is 13.5. The van der Waals surface area contributed by atoms with Crippen LogP contribution in [0.3, 0.4) is 0 Å². The van der Waals surface area contributed by atoms with Gasteiger partial charge in [0.1, 0.15) is 0 Å². The number of rotatable bonds is 6. The van der Waals surface area contributed by atoms with Crippen molar-refractivity contribution in [3.05, 3.63) is 41.6 Å². The Morgan fingerprint density at radius 2 is 1.96 bits per heavy atom. The minimum absolute atomic E-state index is 0.119. The molecule has 3 aromatic heterocycles. The van der Waals surface area contributed by atoms with Gasteiger partial charge < -0.3 is 13.9 Å². The van der Waals surface area contributed by atoms with E-state index in [2.05, 4.69) is 20.1 Å². The number of aromatic nitrogens is 5. The SMILES string of the molecule is CCCOc1nc(Oc2cc(C)nn2C)nc2oc(-c3cccc(C)c3)nc12. The summed E-state index contributed by atoms with van der Waals surface area (Å²) < 4.78 is 19.1. The Bertz CT molecular complexity index is 1130. The molecule has 0 atom stereocenters. The predicted molar refractivity (Wildman–Crippen MR) is 104 cm³/mol. The third-order valence-electron chi connectivity index (χ3n) is 4.07. The van der Waals surface area contributed by atoms with Gasteiger partial charge in [-0.1, -0.05) is 24.6 Å². The summed E-state index contributed by atoms with van der Waals surface area (Å²) in [5, 5.41) is 4.26. The summed E-state index contributed by atoms with van der Waals surface area (Å²) in [6, 6.07) is 9.84. The van der Waals surface area contributed by atoms with Crippen molar-refractivity contribution in [1.29, 1.82) is 0 Å². The van der Waals surface area contributed by atoms with E-state index in [0.29, 0.717) is 35.5 Å². The fourth-order valence-corrected chi connectivity index (χ4v) is 2.80. The number of nitrogens with zero attached hydrogens (tertiary/aromatic N) is 5. The lowest BCUT2D eigenvalue weighted by molar-refractivity contribution is 0.300. The number of aryl methyl sites for hydroxylation is 3. The van der Waals surface area contributed by atoms with E-state index in [4.69, 9.17) is 13.9 Å². The Kier molecular flexibility index (Phi) is 4.68. The Morgan fingerprint density at radius 1 is 1.11 bits per heavy atom. The third-order valence-corrected chi connectivity index (χ3v) is 4.07. The van der Waals surface area contributed by atoms with Crippen molar-refractivity contribution in [2.45, 2.75) is 27.2 Å². The number of fused-ring (bicyclic) bond motifs is 1. The summed E-state index contributed by atoms with van der Waals surface area (Å²) in [5.41, 5.74) is 3.60. The molecular formula is C20H21N5O3. The van der Waals surface area contributed by atoms with Gasteiger partial charge in [0.25, 0.3) is 11.6 Å². The number of hydrogen-bond acceptors (Lipinski definition) is 7. The van der Waals surface area contributed by atoms with Gasteiger partial charge in [0.05, 0.1) is 12.3 Å². The van der Waals surface area contributed by atoms with E-state index in [1.807, 2.05) is 45.0 Å². The molecule has 144 valence electrons. The average Bonchev–Trinajstić information content (AvgIpc) is 3.22. The van der Waals surface area contributed by atoms with E-state index in [-0.39, 0.29) is 6.01 Å². The quantitative estimate of drug-likeness (QED) is 0.496. The molecule has 8 nitrogen and oxygen atoms in total. The van der Waals surface area contributed by atoms with Gasteiger partial charge in [-0.3, -0.25) is 0 Å². The Morgan fingerprint density at radius 3 is 2.68 bits per heavy atom. The number of oxazole rings is 1. The van der Waals surface area contributed by atoms with Crippen LogP contribution in [0, 0.1) is 13.8 Å². The summed E-state index contributed by atoms with van der Waals surface area (Å²) in [5.74, 6) is 1.32. The monoisotopic (exact) mass is 379 g/mol. The molecule has 1 aromatic carbocycles. The molecule has 8 heteroatoms. The first-order valence-electron chi connectivity index (χ1n) is 9.10. The van der Waals surface area contributed by atoms with Gasteiger partial charge >= 0.3 is 6.01 Å². The zero-order chi connectivity index (χ0) is 19.7. The molecule has 4 aromatic rings. The van der Waals surface area contributed by atoms with Crippen molar-refractivity contribution < 1.29 is 13.9 Å². The van der Waals surface area contributed by atoms with Gasteiger partial charge in [-0.15, -0.1) is 0 Å². The number of ether oxygens (including phenoxy) is 2. The minimum atomic E-state index is 0.119. The van der Waals surface area contributed by atoms with Gasteiger partial charge in [0.2, 0.25) is 11.8 Å². The summed E-state index contributed by atoms with van der Waals surface area (Å²) >= 11 is 0. The van der Waals surface area contributed by atoms with Crippen LogP contribution in [0.1, 0.15) is 24.6 Å². The molecule has 4 rings (SSSR count). The molecule has 28 heavy (non-hydrogen) atoms. The molecule has 0 saturated heterocycles. The van der Waals surface area contributed by atoms with Gasteiger partial charge in [-0.25, -0.2) is 9.67 Å². The molecular weight excluding hydrogens is 358 g/mol. The van der Waals surface area contributed by atoms with Crippen LogP contribution in [0.5, 0.6) is 17.8 Å². The lowest BCUT2D eigenvalue weighted by Crippen LogP contribution is -2.02. The molecule has 0 unspecified atom stereocenters. The second-order valence-electron chi connectivity index (χ2n) is 6.55. The highest BCUT2D eigenvalue weighted by atomic mass is 16.5. The molecule has 0 saturated carbocycles. The van der Waals surface area contributed by atoms with Crippen LogP contribution in [0.4, 0.5) is 0 Å². The Labute approximate surface area is 162 Å². The summed E-state index contributed by atoms with van der Waals surface area (Å²) in [6.07, 6.45) is 0.838. The molecule has 0 spiro atoms. The predicted octanol–water partition coefficient (Wildman–Crippen LogP) is 4.22. The highest BCUT2D eigenvalue weighted by molar-refractivity contribution is 5.78. The van der Waals surface area contributed by atoms with Crippen molar-refractivity contribution in [3.63, 3.8) is 0 Å². The normalized spacial score (nSPS) is 11.1. The zero-order valence-electron chi connectivity index (χ0n) is 16.3. The van der Waals surface area contributed by atoms with E-state index >= 15 is 0 Å². The second-order valence-corrected chi connectivity index (χ2v) is 6.55. The van der Waals surface area contributed by atoms with E-state index in [1.165, 1.54) is 0 Å². The minimum Gasteiger partial charge on any atom is -0.476 e. The van der Waals surface area contributed by atoms with Gasteiger partial charge in [0.15, 0.2) is 5.52 Å². The van der Waals surface area contributed by atoms with Gasteiger partial charge in [-0.2, -0.15) is 15.1 Å². The molecule has 0 aliphatic rings. The largest absolute Gasteiger partial charge is 0.476 e. The van der Waals surface area contributed by atoms with Crippen molar-refractivity contribution in [3.8, 4) is 29.2 Å². The fraction of sp³-hybridized carbons (Fsp3) is 0.300. The van der Waals surface area contributed by atoms with Crippen LogP contribution in [0.2, 0.25) is 0 Å². The van der Waals surface area contributed by atoms with Crippen molar-refractivity contribution in [2.75, 3.05) is 6.61 Å². The van der Waals surface area contributed by atoms with Crippen LogP contribution in [-0.4, -0.2) is 31.3 Å². The second kappa shape index (κ2) is 7.30. The molecule has 3 heterocycles. The molecule has 0 N–H and O–H groups in total. The maximum absolute atomic E-state index is 5.90. The highest BCUT2D eigenvalue weighted by Gasteiger charge is 2.19. The van der Waals surface area contributed by atoms with Gasteiger partial charge in [-0.05, 0) is 32.4 Å². The van der Waals surface area contributed by atoms with Crippen LogP contribution in [-0.2, 0) is 7.05 Å².